The van der Waals surface area contributed by atoms with E-state index in [1.54, 1.807) is 6.21 Å². The quantitative estimate of drug-likeness (QED) is 0.362. The Balaban J connectivity index is 1.15. The molecule has 0 radical (unpaired) electrons. The van der Waals surface area contributed by atoms with Gasteiger partial charge < -0.3 is 25.2 Å². The third-order valence-corrected chi connectivity index (χ3v) is 7.83. The lowest BCUT2D eigenvalue weighted by molar-refractivity contribution is -0.166. The summed E-state index contributed by atoms with van der Waals surface area (Å²) in [6.07, 6.45) is 4.99. The zero-order valence-electron chi connectivity index (χ0n) is 19.6. The van der Waals surface area contributed by atoms with E-state index in [1.807, 2.05) is 31.3 Å². The fourth-order valence-corrected chi connectivity index (χ4v) is 6.10. The van der Waals surface area contributed by atoms with Gasteiger partial charge in [0.2, 0.25) is 0 Å². The van der Waals surface area contributed by atoms with Gasteiger partial charge in [-0.1, -0.05) is 0 Å². The van der Waals surface area contributed by atoms with Crippen molar-refractivity contribution in [2.75, 3.05) is 26.3 Å². The monoisotopic (exact) mass is 479 g/mol. The Hall–Kier alpha value is -3.08. The molecule has 1 aromatic heterocycles. The summed E-state index contributed by atoms with van der Waals surface area (Å²) >= 11 is 0. The average molecular weight is 480 g/mol. The molecule has 10 heteroatoms. The molecule has 0 amide bonds. The second kappa shape index (κ2) is 8.25. The molecular formula is C25H29N5O5. The Kier molecular flexibility index (Phi) is 5.28. The molecule has 10 nitrogen and oxygen atoms in total. The van der Waals surface area contributed by atoms with Crippen LogP contribution in [0.3, 0.4) is 0 Å². The van der Waals surface area contributed by atoms with Crippen LogP contribution in [0.4, 0.5) is 0 Å². The van der Waals surface area contributed by atoms with Crippen LogP contribution in [0.15, 0.2) is 34.5 Å². The van der Waals surface area contributed by atoms with E-state index in [2.05, 4.69) is 15.0 Å². The highest BCUT2D eigenvalue weighted by Gasteiger charge is 2.67. The predicted octanol–water partition coefficient (Wildman–Crippen LogP) is 1.53. The molecule has 5 aliphatic rings. The summed E-state index contributed by atoms with van der Waals surface area (Å²) in [5, 5.41) is 14.3. The SMILES string of the molecule is CC(Oc1ccc2ncc3c(c2c1)CCOC3)/C(C=NC12CN3CC(C(=O)O)OCC3(C1)C2)=N/N. The van der Waals surface area contributed by atoms with Crippen molar-refractivity contribution in [3.05, 3.63) is 35.5 Å². The minimum absolute atomic E-state index is 0.0886. The molecule has 7 rings (SSSR count). The normalized spacial score (nSPS) is 31.1. The minimum atomic E-state index is -0.914. The minimum Gasteiger partial charge on any atom is -0.484 e. The number of carboxylic acids is 1. The highest BCUT2D eigenvalue weighted by Crippen LogP contribution is 2.57. The van der Waals surface area contributed by atoms with Crippen molar-refractivity contribution in [2.45, 2.75) is 56.1 Å². The van der Waals surface area contributed by atoms with E-state index in [9.17, 15) is 9.90 Å². The number of hydrogen-bond donors (Lipinski definition) is 2. The van der Waals surface area contributed by atoms with E-state index in [1.165, 1.54) is 5.56 Å². The van der Waals surface area contributed by atoms with Crippen LogP contribution in [0.5, 0.6) is 5.75 Å². The number of ether oxygens (including phenoxy) is 3. The molecule has 1 aromatic carbocycles. The molecule has 2 unspecified atom stereocenters. The number of carboxylic acid groups (broad SMARTS) is 1. The van der Waals surface area contributed by atoms with E-state index in [-0.39, 0.29) is 11.1 Å². The van der Waals surface area contributed by atoms with E-state index < -0.39 is 18.2 Å². The maximum Gasteiger partial charge on any atom is 0.334 e. The fourth-order valence-electron chi connectivity index (χ4n) is 6.10. The molecule has 5 heterocycles. The van der Waals surface area contributed by atoms with Crippen LogP contribution < -0.4 is 10.6 Å². The van der Waals surface area contributed by atoms with Gasteiger partial charge in [-0.3, -0.25) is 14.9 Å². The molecule has 4 aliphatic heterocycles. The first-order chi connectivity index (χ1) is 16.9. The maximum absolute atomic E-state index is 11.3. The fraction of sp³-hybridized carbons (Fsp3) is 0.520. The Labute approximate surface area is 202 Å². The molecule has 3 N–H and O–H groups in total. The highest BCUT2D eigenvalue weighted by atomic mass is 16.5. The Morgan fingerprint density at radius 1 is 1.43 bits per heavy atom. The average Bonchev–Trinajstić information content (AvgIpc) is 3.34. The number of aromatic nitrogens is 1. The van der Waals surface area contributed by atoms with Gasteiger partial charge in [0.1, 0.15) is 17.6 Å². The lowest BCUT2D eigenvalue weighted by Crippen LogP contribution is -2.60. The standard InChI is InChI=1S/C25H29N5O5/c1-15(35-17-2-3-20-19(6-17)18-4-5-33-10-16(18)7-27-20)21(29-26)8-28-24-11-25(12-24)14-34-22(23(31)32)9-30(25)13-24/h2-3,6-8,15,22H,4-5,9-14,26H2,1H3,(H,31,32)/b28-8?,29-21+. The number of aliphatic imine (C=N–C) groups is 1. The summed E-state index contributed by atoms with van der Waals surface area (Å²) in [6, 6.07) is 5.90. The molecule has 3 saturated heterocycles. The van der Waals surface area contributed by atoms with Gasteiger partial charge in [0.05, 0.1) is 30.9 Å². The van der Waals surface area contributed by atoms with Crippen LogP contribution in [0.2, 0.25) is 0 Å². The number of hydrazone groups is 1. The van der Waals surface area contributed by atoms with Crippen molar-refractivity contribution >= 4 is 28.8 Å². The number of nitrogens with two attached hydrogens (primary N) is 1. The van der Waals surface area contributed by atoms with Gasteiger partial charge >= 0.3 is 5.97 Å². The van der Waals surface area contributed by atoms with Gasteiger partial charge in [0, 0.05) is 36.4 Å². The van der Waals surface area contributed by atoms with Crippen molar-refractivity contribution < 1.29 is 24.1 Å². The predicted molar refractivity (Wildman–Crippen MR) is 129 cm³/mol. The number of fused-ring (bicyclic) bond motifs is 3. The second-order valence-corrected chi connectivity index (χ2v) is 10.1. The third kappa shape index (κ3) is 3.76. The van der Waals surface area contributed by atoms with Crippen molar-refractivity contribution in [1.82, 2.24) is 9.88 Å². The molecule has 2 bridgehead atoms. The number of morpholine rings is 1. The van der Waals surface area contributed by atoms with E-state index >= 15 is 0 Å². The highest BCUT2D eigenvalue weighted by molar-refractivity contribution is 6.32. The summed E-state index contributed by atoms with van der Waals surface area (Å²) in [6.45, 7) is 4.75. The number of rotatable bonds is 6. The molecule has 2 atom stereocenters. The topological polar surface area (TPSA) is 132 Å². The summed E-state index contributed by atoms with van der Waals surface area (Å²) in [7, 11) is 0. The van der Waals surface area contributed by atoms with E-state index in [0.29, 0.717) is 32.1 Å². The number of aliphatic carboxylic acids is 1. The van der Waals surface area contributed by atoms with Crippen molar-refractivity contribution in [2.24, 2.45) is 15.9 Å². The van der Waals surface area contributed by atoms with Crippen molar-refractivity contribution in [1.29, 1.82) is 0 Å². The first kappa shape index (κ1) is 22.4. The van der Waals surface area contributed by atoms with Gasteiger partial charge in [0.15, 0.2) is 6.10 Å². The van der Waals surface area contributed by atoms with Crippen LogP contribution >= 0.6 is 0 Å². The van der Waals surface area contributed by atoms with E-state index in [4.69, 9.17) is 25.0 Å². The lowest BCUT2D eigenvalue weighted by atomic mass is 9.68. The largest absolute Gasteiger partial charge is 0.484 e. The van der Waals surface area contributed by atoms with Gasteiger partial charge in [-0.05, 0) is 55.5 Å². The summed E-state index contributed by atoms with van der Waals surface area (Å²) in [5.41, 5.74) is 3.53. The van der Waals surface area contributed by atoms with Crippen LogP contribution in [0, 0.1) is 0 Å². The molecule has 1 saturated carbocycles. The smallest absolute Gasteiger partial charge is 0.334 e. The van der Waals surface area contributed by atoms with Gasteiger partial charge in [0.25, 0.3) is 0 Å². The maximum atomic E-state index is 11.3. The number of benzene rings is 1. The van der Waals surface area contributed by atoms with Gasteiger partial charge in [-0.25, -0.2) is 4.79 Å². The van der Waals surface area contributed by atoms with Gasteiger partial charge in [-0.15, -0.1) is 0 Å². The van der Waals surface area contributed by atoms with Crippen molar-refractivity contribution in [3.8, 4) is 5.75 Å². The molecule has 184 valence electrons. The van der Waals surface area contributed by atoms with Crippen LogP contribution in [-0.2, 0) is 27.3 Å². The Bertz CT molecular complexity index is 1240. The number of carbonyl (C=O) groups is 1. The number of hydrogen-bond acceptors (Lipinski definition) is 9. The number of pyridine rings is 1. The summed E-state index contributed by atoms with van der Waals surface area (Å²) < 4.78 is 17.4. The Morgan fingerprint density at radius 3 is 3.09 bits per heavy atom. The summed E-state index contributed by atoms with van der Waals surface area (Å²) in [4.78, 5) is 23.0. The molecule has 4 fully saturated rings. The third-order valence-electron chi connectivity index (χ3n) is 7.83. The first-order valence-corrected chi connectivity index (χ1v) is 12.0. The van der Waals surface area contributed by atoms with E-state index in [0.717, 1.165) is 48.0 Å². The van der Waals surface area contributed by atoms with Crippen LogP contribution in [0.25, 0.3) is 10.9 Å². The zero-order chi connectivity index (χ0) is 24.2. The number of nitrogens with zero attached hydrogens (tertiary/aromatic N) is 4. The van der Waals surface area contributed by atoms with Crippen LogP contribution in [0.1, 0.15) is 30.9 Å². The van der Waals surface area contributed by atoms with Crippen molar-refractivity contribution in [3.63, 3.8) is 0 Å². The molecular weight excluding hydrogens is 450 g/mol. The van der Waals surface area contributed by atoms with Crippen LogP contribution in [-0.4, -0.2) is 82.5 Å². The molecule has 35 heavy (non-hydrogen) atoms. The first-order valence-electron chi connectivity index (χ1n) is 12.0. The van der Waals surface area contributed by atoms with Gasteiger partial charge in [-0.2, -0.15) is 5.10 Å². The molecule has 1 spiro atoms. The lowest BCUT2D eigenvalue weighted by Gasteiger charge is -2.49. The zero-order valence-corrected chi connectivity index (χ0v) is 19.6. The summed E-state index contributed by atoms with van der Waals surface area (Å²) in [5.74, 6) is 5.52. The Morgan fingerprint density at radius 2 is 2.29 bits per heavy atom. The molecule has 2 aromatic rings. The second-order valence-electron chi connectivity index (χ2n) is 10.1. The molecule has 1 aliphatic carbocycles.